The van der Waals surface area contributed by atoms with Gasteiger partial charge in [-0.15, -0.1) is 0 Å². The first kappa shape index (κ1) is 14.1. The summed E-state index contributed by atoms with van der Waals surface area (Å²) >= 11 is 1.29. The molecule has 1 fully saturated rings. The summed E-state index contributed by atoms with van der Waals surface area (Å²) in [4.78, 5) is 14.0. The highest BCUT2D eigenvalue weighted by Gasteiger charge is 2.25. The van der Waals surface area contributed by atoms with Gasteiger partial charge in [-0.3, -0.25) is 0 Å². The Labute approximate surface area is 117 Å². The molecule has 2 rings (SSSR count). The molecule has 1 aromatic rings. The van der Waals surface area contributed by atoms with Gasteiger partial charge in [-0.25, -0.2) is 4.79 Å². The maximum absolute atomic E-state index is 11.8. The molecule has 0 amide bonds. The van der Waals surface area contributed by atoms with Crippen LogP contribution in [0.3, 0.4) is 0 Å². The average Bonchev–Trinajstić information content (AvgIpc) is 2.66. The van der Waals surface area contributed by atoms with Gasteiger partial charge in [-0.1, -0.05) is 13.3 Å². The molecule has 1 aliphatic rings. The molecule has 2 heterocycles. The maximum atomic E-state index is 11.8. The lowest BCUT2D eigenvalue weighted by atomic mass is 9.98. The van der Waals surface area contributed by atoms with Crippen LogP contribution in [0.15, 0.2) is 0 Å². The Morgan fingerprint density at radius 1 is 1.53 bits per heavy atom. The fraction of sp³-hybridized carbons (Fsp3) is 0.692. The van der Waals surface area contributed by atoms with Gasteiger partial charge in [0.25, 0.3) is 0 Å². The van der Waals surface area contributed by atoms with E-state index in [1.165, 1.54) is 31.5 Å². The van der Waals surface area contributed by atoms with Gasteiger partial charge in [-0.2, -0.15) is 4.37 Å². The zero-order valence-electron chi connectivity index (χ0n) is 11.5. The van der Waals surface area contributed by atoms with Crippen molar-refractivity contribution in [3.8, 4) is 0 Å². The van der Waals surface area contributed by atoms with E-state index < -0.39 is 5.97 Å². The second-order valence-corrected chi connectivity index (χ2v) is 5.68. The predicted octanol–water partition coefficient (Wildman–Crippen LogP) is 2.53. The molecule has 1 atom stereocenters. The van der Waals surface area contributed by atoms with Crippen LogP contribution in [-0.4, -0.2) is 30.5 Å². The highest BCUT2D eigenvalue weighted by atomic mass is 32.1. The van der Waals surface area contributed by atoms with Crippen molar-refractivity contribution in [2.75, 3.05) is 30.8 Å². The highest BCUT2D eigenvalue weighted by molar-refractivity contribution is 7.11. The highest BCUT2D eigenvalue weighted by Crippen LogP contribution is 2.33. The summed E-state index contributed by atoms with van der Waals surface area (Å²) < 4.78 is 8.91. The van der Waals surface area contributed by atoms with Crippen molar-refractivity contribution in [3.63, 3.8) is 0 Å². The summed E-state index contributed by atoms with van der Waals surface area (Å²) in [6, 6.07) is 0. The first-order valence-electron chi connectivity index (χ1n) is 6.75. The van der Waals surface area contributed by atoms with Crippen LogP contribution in [0.25, 0.3) is 0 Å². The van der Waals surface area contributed by atoms with E-state index in [0.29, 0.717) is 5.56 Å². The van der Waals surface area contributed by atoms with Crippen molar-refractivity contribution in [2.45, 2.75) is 32.6 Å². The van der Waals surface area contributed by atoms with E-state index in [0.717, 1.165) is 36.9 Å². The van der Waals surface area contributed by atoms with Crippen molar-refractivity contribution < 1.29 is 9.53 Å². The summed E-state index contributed by atoms with van der Waals surface area (Å²) in [6.45, 7) is 4.16. The molecule has 6 heteroatoms. The van der Waals surface area contributed by atoms with Crippen LogP contribution in [0.5, 0.6) is 0 Å². The van der Waals surface area contributed by atoms with Crippen molar-refractivity contribution in [2.24, 2.45) is 5.92 Å². The van der Waals surface area contributed by atoms with Gasteiger partial charge in [0.15, 0.2) is 5.82 Å². The van der Waals surface area contributed by atoms with Crippen LogP contribution in [0.2, 0.25) is 0 Å². The van der Waals surface area contributed by atoms with E-state index in [4.69, 9.17) is 10.5 Å². The van der Waals surface area contributed by atoms with Gasteiger partial charge in [0, 0.05) is 13.1 Å². The molecule has 0 aliphatic carbocycles. The summed E-state index contributed by atoms with van der Waals surface area (Å²) in [5.41, 5.74) is 6.22. The second-order valence-electron chi connectivity index (χ2n) is 4.93. The van der Waals surface area contributed by atoms with E-state index in [-0.39, 0.29) is 5.82 Å². The second kappa shape index (κ2) is 6.23. The Balaban J connectivity index is 2.20. The number of hydrogen-bond acceptors (Lipinski definition) is 6. The van der Waals surface area contributed by atoms with Crippen LogP contribution in [0.4, 0.5) is 10.8 Å². The smallest absolute Gasteiger partial charge is 0.344 e. The maximum Gasteiger partial charge on any atom is 0.344 e. The molecule has 0 saturated carbocycles. The summed E-state index contributed by atoms with van der Waals surface area (Å²) in [6.07, 6.45) is 4.79. The van der Waals surface area contributed by atoms with Gasteiger partial charge in [0.2, 0.25) is 0 Å². The van der Waals surface area contributed by atoms with Crippen molar-refractivity contribution in [3.05, 3.63) is 5.56 Å². The summed E-state index contributed by atoms with van der Waals surface area (Å²) in [5.74, 6) is 0.678. The number of methoxy groups -OCH3 is 1. The molecule has 5 nitrogen and oxygen atoms in total. The molecule has 0 aromatic carbocycles. The Kier molecular flexibility index (Phi) is 4.63. The van der Waals surface area contributed by atoms with E-state index in [9.17, 15) is 4.79 Å². The molecule has 0 spiro atoms. The number of carbonyl (C=O) groups is 1. The molecular formula is C13H21N3O2S. The number of rotatable bonds is 3. The molecule has 1 aliphatic heterocycles. The van der Waals surface area contributed by atoms with Gasteiger partial charge in [0.1, 0.15) is 10.6 Å². The first-order valence-corrected chi connectivity index (χ1v) is 7.53. The lowest BCUT2D eigenvalue weighted by Crippen LogP contribution is -2.25. The van der Waals surface area contributed by atoms with Crippen LogP contribution >= 0.6 is 11.5 Å². The minimum absolute atomic E-state index is 0.281. The third-order valence-electron chi connectivity index (χ3n) is 3.80. The van der Waals surface area contributed by atoms with Crippen molar-refractivity contribution >= 4 is 28.3 Å². The third-order valence-corrected chi connectivity index (χ3v) is 4.73. The molecule has 1 aromatic heterocycles. The Morgan fingerprint density at radius 3 is 3.00 bits per heavy atom. The first-order chi connectivity index (χ1) is 9.17. The average molecular weight is 283 g/mol. The fourth-order valence-corrected chi connectivity index (χ4v) is 3.43. The van der Waals surface area contributed by atoms with Crippen LogP contribution in [-0.2, 0) is 4.74 Å². The molecule has 0 bridgehead atoms. The Bertz CT molecular complexity index is 447. The normalized spacial score (nSPS) is 20.1. The molecule has 0 radical (unpaired) electrons. The van der Waals surface area contributed by atoms with Gasteiger partial charge < -0.3 is 15.4 Å². The standard InChI is InChI=1S/C13H21N3O2S/c1-3-9-5-4-7-16(8-6-9)12-10(13(17)18-2)11(14)15-19-12/h9H,3-8H2,1-2H3,(H2,14,15). The summed E-state index contributed by atoms with van der Waals surface area (Å²) in [7, 11) is 1.37. The van der Waals surface area contributed by atoms with E-state index >= 15 is 0 Å². The number of ether oxygens (including phenoxy) is 1. The number of nitrogens with two attached hydrogens (primary N) is 1. The number of carbonyl (C=O) groups excluding carboxylic acids is 1. The number of nitrogen functional groups attached to an aromatic ring is 1. The van der Waals surface area contributed by atoms with Crippen LogP contribution in [0, 0.1) is 5.92 Å². The van der Waals surface area contributed by atoms with E-state index in [1.807, 2.05) is 0 Å². The van der Waals surface area contributed by atoms with E-state index in [2.05, 4.69) is 16.2 Å². The van der Waals surface area contributed by atoms with Crippen molar-refractivity contribution in [1.29, 1.82) is 0 Å². The van der Waals surface area contributed by atoms with E-state index in [1.54, 1.807) is 0 Å². The minimum atomic E-state index is -0.391. The molecular weight excluding hydrogens is 262 g/mol. The Morgan fingerprint density at radius 2 is 2.32 bits per heavy atom. The molecule has 2 N–H and O–H groups in total. The number of esters is 1. The fourth-order valence-electron chi connectivity index (χ4n) is 2.58. The largest absolute Gasteiger partial charge is 0.465 e. The molecule has 19 heavy (non-hydrogen) atoms. The van der Waals surface area contributed by atoms with Gasteiger partial charge >= 0.3 is 5.97 Å². The SMILES string of the molecule is CCC1CCCN(c2snc(N)c2C(=O)OC)CC1. The van der Waals surface area contributed by atoms with Gasteiger partial charge in [-0.05, 0) is 36.7 Å². The predicted molar refractivity (Wildman–Crippen MR) is 77.7 cm³/mol. The zero-order chi connectivity index (χ0) is 13.8. The number of hydrogen-bond donors (Lipinski definition) is 1. The monoisotopic (exact) mass is 283 g/mol. The topological polar surface area (TPSA) is 68.5 Å². The third kappa shape index (κ3) is 3.00. The van der Waals surface area contributed by atoms with Crippen molar-refractivity contribution in [1.82, 2.24) is 4.37 Å². The zero-order valence-corrected chi connectivity index (χ0v) is 12.3. The number of nitrogens with zero attached hydrogens (tertiary/aromatic N) is 2. The molecule has 106 valence electrons. The van der Waals surface area contributed by atoms with Gasteiger partial charge in [0.05, 0.1) is 7.11 Å². The quantitative estimate of drug-likeness (QED) is 0.863. The van der Waals surface area contributed by atoms with Crippen LogP contribution < -0.4 is 10.6 Å². The Hall–Kier alpha value is -1.30. The van der Waals surface area contributed by atoms with Crippen LogP contribution in [0.1, 0.15) is 43.0 Å². The minimum Gasteiger partial charge on any atom is -0.465 e. The number of anilines is 2. The molecule has 1 saturated heterocycles. The summed E-state index contributed by atoms with van der Waals surface area (Å²) in [5, 5.41) is 0.862. The lowest BCUT2D eigenvalue weighted by molar-refractivity contribution is 0.0603. The number of aromatic nitrogens is 1. The molecule has 1 unspecified atom stereocenters. The lowest BCUT2D eigenvalue weighted by Gasteiger charge is -2.21.